The molecule has 0 fully saturated rings. The molecular weight excluding hydrogens is 283 g/mol. The van der Waals surface area contributed by atoms with Crippen LogP contribution >= 0.6 is 0 Å². The van der Waals surface area contributed by atoms with Gasteiger partial charge in [0, 0.05) is 40.7 Å². The van der Waals surface area contributed by atoms with E-state index in [1.807, 2.05) is 0 Å². The van der Waals surface area contributed by atoms with Crippen molar-refractivity contribution in [3.05, 3.63) is 40.9 Å². The van der Waals surface area contributed by atoms with Crippen LogP contribution in [0.2, 0.25) is 0 Å². The number of carbonyl (C=O) groups excluding carboxylic acids is 2. The Morgan fingerprint density at radius 1 is 1.16 bits per heavy atom. The van der Waals surface area contributed by atoms with Crippen LogP contribution in [-0.4, -0.2) is 69.8 Å². The van der Waals surface area contributed by atoms with Crippen molar-refractivity contribution < 1.29 is 27.3 Å². The number of ketones is 2. The SMILES string of the molecule is [N-]=[N+]=C1C(=O)c2ccccc2C(=O)C1S(=O)(=O)O.[Na]. The molecule has 0 aromatic heterocycles. The topological polar surface area (TPSA) is 125 Å². The average Bonchev–Trinajstić information content (AvgIpc) is 2.32. The van der Waals surface area contributed by atoms with Gasteiger partial charge in [-0.2, -0.15) is 13.2 Å². The predicted molar refractivity (Wildman–Crippen MR) is 64.8 cm³/mol. The molecule has 0 bridgehead atoms. The predicted octanol–water partition coefficient (Wildman–Crippen LogP) is -0.388. The van der Waals surface area contributed by atoms with Crippen molar-refractivity contribution in [2.75, 3.05) is 0 Å². The fraction of sp³-hybridized carbons (Fsp3) is 0.100. The summed E-state index contributed by atoms with van der Waals surface area (Å²) in [6, 6.07) is 5.50. The van der Waals surface area contributed by atoms with Gasteiger partial charge in [-0.3, -0.25) is 14.1 Å². The second-order valence-electron chi connectivity index (χ2n) is 3.62. The van der Waals surface area contributed by atoms with E-state index < -0.39 is 32.6 Å². The Kier molecular flexibility index (Phi) is 4.57. The smallest absolute Gasteiger partial charge is 0.361 e. The molecule has 0 saturated carbocycles. The quantitative estimate of drug-likeness (QED) is 0.326. The van der Waals surface area contributed by atoms with Gasteiger partial charge in [-0.1, -0.05) is 24.3 Å². The summed E-state index contributed by atoms with van der Waals surface area (Å²) in [5, 5.41) is -2.18. The number of nitrogens with zero attached hydrogens (tertiary/aromatic N) is 2. The minimum atomic E-state index is -4.87. The molecule has 19 heavy (non-hydrogen) atoms. The van der Waals surface area contributed by atoms with Gasteiger partial charge in [0.05, 0.1) is 0 Å². The molecule has 0 saturated heterocycles. The van der Waals surface area contributed by atoms with Crippen molar-refractivity contribution in [2.45, 2.75) is 5.25 Å². The van der Waals surface area contributed by atoms with Crippen molar-refractivity contribution in [3.8, 4) is 0 Å². The van der Waals surface area contributed by atoms with Crippen molar-refractivity contribution >= 4 is 57.0 Å². The van der Waals surface area contributed by atoms with Gasteiger partial charge in [0.15, 0.2) is 5.78 Å². The third kappa shape index (κ3) is 2.59. The number of rotatable bonds is 1. The van der Waals surface area contributed by atoms with E-state index in [-0.39, 0.29) is 40.7 Å². The number of Topliss-reactive ketones (excluding diaryl/α,β-unsaturated/α-hetero) is 2. The van der Waals surface area contributed by atoms with Gasteiger partial charge in [0.2, 0.25) is 0 Å². The van der Waals surface area contributed by atoms with E-state index >= 15 is 0 Å². The third-order valence-electron chi connectivity index (χ3n) is 2.56. The molecule has 2 rings (SSSR count). The van der Waals surface area contributed by atoms with Gasteiger partial charge in [-0.25, -0.2) is 0 Å². The number of carbonyl (C=O) groups is 2. The Hall–Kier alpha value is -1.15. The van der Waals surface area contributed by atoms with E-state index in [4.69, 9.17) is 10.1 Å². The van der Waals surface area contributed by atoms with Gasteiger partial charge in [0.1, 0.15) is 0 Å². The molecule has 0 spiro atoms. The molecule has 1 atom stereocenters. The van der Waals surface area contributed by atoms with Crippen molar-refractivity contribution in [1.82, 2.24) is 0 Å². The van der Waals surface area contributed by atoms with Gasteiger partial charge in [0.25, 0.3) is 21.2 Å². The fourth-order valence-electron chi connectivity index (χ4n) is 1.79. The Morgan fingerprint density at radius 3 is 2.16 bits per heavy atom. The maximum Gasteiger partial charge on any atom is 0.367 e. The van der Waals surface area contributed by atoms with E-state index in [0.717, 1.165) is 0 Å². The van der Waals surface area contributed by atoms with Gasteiger partial charge in [-0.15, -0.1) is 0 Å². The molecule has 1 aliphatic rings. The van der Waals surface area contributed by atoms with Gasteiger partial charge < -0.3 is 5.53 Å². The molecule has 0 heterocycles. The van der Waals surface area contributed by atoms with Gasteiger partial charge >= 0.3 is 5.71 Å². The summed E-state index contributed by atoms with van der Waals surface area (Å²) in [5.74, 6) is -1.91. The summed E-state index contributed by atoms with van der Waals surface area (Å²) in [7, 11) is -4.87. The second kappa shape index (κ2) is 5.46. The first-order valence-corrected chi connectivity index (χ1v) is 6.24. The summed E-state index contributed by atoms with van der Waals surface area (Å²) in [4.78, 5) is 26.3. The van der Waals surface area contributed by atoms with Crippen LogP contribution < -0.4 is 0 Å². The molecule has 1 aliphatic carbocycles. The van der Waals surface area contributed by atoms with Crippen LogP contribution in [0, 0.1) is 0 Å². The minimum absolute atomic E-state index is 0. The molecule has 1 radical (unpaired) electrons. The van der Waals surface area contributed by atoms with Crippen LogP contribution in [-0.2, 0) is 10.1 Å². The zero-order valence-corrected chi connectivity index (χ0v) is 12.6. The first-order chi connectivity index (χ1) is 8.38. The number of fused-ring (bicyclic) bond motifs is 1. The molecule has 0 aliphatic heterocycles. The van der Waals surface area contributed by atoms with E-state index in [0.29, 0.717) is 0 Å². The first kappa shape index (κ1) is 15.9. The van der Waals surface area contributed by atoms with Crippen LogP contribution in [0.1, 0.15) is 20.7 Å². The maximum atomic E-state index is 11.9. The molecule has 7 nitrogen and oxygen atoms in total. The standard InChI is InChI=1S/C10H6N2O5S.Na/c11-12-7-8(13)5-3-1-2-4-6(5)9(14)10(7)18(15,16)17;/h1-4,10H,(H,15,16,17);. The minimum Gasteiger partial charge on any atom is -0.361 e. The van der Waals surface area contributed by atoms with E-state index in [1.165, 1.54) is 24.3 Å². The fourth-order valence-corrected chi connectivity index (χ4v) is 2.63. The first-order valence-electron chi connectivity index (χ1n) is 4.74. The Morgan fingerprint density at radius 2 is 1.68 bits per heavy atom. The summed E-state index contributed by atoms with van der Waals surface area (Å²) < 4.78 is 31.2. The van der Waals surface area contributed by atoms with Crippen LogP contribution in [0.5, 0.6) is 0 Å². The van der Waals surface area contributed by atoms with E-state index in [1.54, 1.807) is 0 Å². The number of hydrogen-bond donors (Lipinski definition) is 1. The summed E-state index contributed by atoms with van der Waals surface area (Å²) >= 11 is 0. The maximum absolute atomic E-state index is 11.9. The van der Waals surface area contributed by atoms with Crippen LogP contribution in [0.15, 0.2) is 24.3 Å². The zero-order chi connectivity index (χ0) is 13.5. The Labute approximate surface area is 130 Å². The Bertz CT molecular complexity index is 721. The average molecular weight is 289 g/mol. The molecule has 93 valence electrons. The summed E-state index contributed by atoms with van der Waals surface area (Å²) in [6.07, 6.45) is 0. The zero-order valence-electron chi connectivity index (χ0n) is 9.77. The molecule has 1 N–H and O–H groups in total. The van der Waals surface area contributed by atoms with E-state index in [9.17, 15) is 18.0 Å². The van der Waals surface area contributed by atoms with Crippen molar-refractivity contribution in [2.24, 2.45) is 0 Å². The normalized spacial score (nSPS) is 18.4. The molecule has 1 unspecified atom stereocenters. The van der Waals surface area contributed by atoms with Crippen LogP contribution in [0.25, 0.3) is 5.53 Å². The second-order valence-corrected chi connectivity index (χ2v) is 5.12. The Balaban J connectivity index is 0.00000180. The van der Waals surface area contributed by atoms with E-state index in [2.05, 4.69) is 4.79 Å². The summed E-state index contributed by atoms with van der Waals surface area (Å²) in [6.45, 7) is 0. The van der Waals surface area contributed by atoms with Gasteiger partial charge in [-0.05, 0) is 0 Å². The van der Waals surface area contributed by atoms with Crippen molar-refractivity contribution in [3.63, 3.8) is 0 Å². The number of benzene rings is 1. The van der Waals surface area contributed by atoms with Crippen molar-refractivity contribution in [1.29, 1.82) is 0 Å². The summed E-state index contributed by atoms with van der Waals surface area (Å²) in [5.41, 5.74) is 7.59. The monoisotopic (exact) mass is 289 g/mol. The molecule has 0 amide bonds. The van der Waals surface area contributed by atoms with Crippen LogP contribution in [0.3, 0.4) is 0 Å². The number of hydrogen-bond acceptors (Lipinski definition) is 4. The van der Waals surface area contributed by atoms with Crippen LogP contribution in [0.4, 0.5) is 0 Å². The molecule has 1 aromatic rings. The third-order valence-corrected chi connectivity index (χ3v) is 3.59. The largest absolute Gasteiger partial charge is 0.367 e. The molecular formula is C10H6N2NaO5S. The molecule has 9 heteroatoms. The molecule has 1 aromatic carbocycles.